The fourth-order valence-corrected chi connectivity index (χ4v) is 8.41. The summed E-state index contributed by atoms with van der Waals surface area (Å²) < 4.78 is 1.11. The highest BCUT2D eigenvalue weighted by atomic mass is 35.5. The van der Waals surface area contributed by atoms with E-state index in [1.165, 1.54) is 38.5 Å². The molecule has 4 bridgehead atoms. The Labute approximate surface area is 196 Å². The van der Waals surface area contributed by atoms with Crippen molar-refractivity contribution in [3.05, 3.63) is 46.4 Å². The summed E-state index contributed by atoms with van der Waals surface area (Å²) in [5.41, 5.74) is 2.57. The average Bonchev–Trinajstić information content (AvgIpc) is 3.12. The molecule has 1 aromatic heterocycles. The Balaban J connectivity index is 1.25. The Morgan fingerprint density at radius 1 is 1.03 bits per heavy atom. The van der Waals surface area contributed by atoms with E-state index in [1.807, 2.05) is 24.3 Å². The van der Waals surface area contributed by atoms with Crippen LogP contribution < -0.4 is 5.32 Å². The van der Waals surface area contributed by atoms with Crippen LogP contribution in [-0.4, -0.2) is 10.9 Å². The van der Waals surface area contributed by atoms with Crippen molar-refractivity contribution in [2.45, 2.75) is 44.9 Å². The van der Waals surface area contributed by atoms with Crippen molar-refractivity contribution in [3.63, 3.8) is 0 Å². The average molecular weight is 471 g/mol. The molecule has 1 N–H and O–H groups in total. The van der Waals surface area contributed by atoms with Gasteiger partial charge in [0.05, 0.1) is 25.9 Å². The molecule has 0 unspecified atom stereocenters. The van der Waals surface area contributed by atoms with Crippen LogP contribution in [0.2, 0.25) is 10.0 Å². The topological polar surface area (TPSA) is 42.0 Å². The second-order valence-corrected chi connectivity index (χ2v) is 11.8. The van der Waals surface area contributed by atoms with E-state index in [2.05, 4.69) is 11.4 Å². The number of amides is 1. The predicted molar refractivity (Wildman–Crippen MR) is 129 cm³/mol. The van der Waals surface area contributed by atoms with Gasteiger partial charge in [-0.1, -0.05) is 35.3 Å². The Hall–Kier alpha value is -1.62. The van der Waals surface area contributed by atoms with Gasteiger partial charge in [-0.3, -0.25) is 4.79 Å². The van der Waals surface area contributed by atoms with Gasteiger partial charge in [0, 0.05) is 12.0 Å². The summed E-state index contributed by atoms with van der Waals surface area (Å²) in [6, 6.07) is 11.6. The van der Waals surface area contributed by atoms with Crippen molar-refractivity contribution in [3.8, 4) is 10.6 Å². The Bertz CT molecular complexity index is 1120. The number of aromatic nitrogens is 1. The highest BCUT2D eigenvalue weighted by Gasteiger charge is 2.51. The van der Waals surface area contributed by atoms with Crippen LogP contribution in [0, 0.1) is 23.2 Å². The molecule has 1 heterocycles. The fraction of sp³-hybridized carbons (Fsp3) is 0.440. The van der Waals surface area contributed by atoms with Crippen LogP contribution in [0.25, 0.3) is 20.8 Å². The first-order chi connectivity index (χ1) is 15.0. The van der Waals surface area contributed by atoms with E-state index in [0.717, 1.165) is 38.5 Å². The van der Waals surface area contributed by atoms with Crippen LogP contribution in [0.4, 0.5) is 5.69 Å². The van der Waals surface area contributed by atoms with E-state index < -0.39 is 0 Å². The lowest BCUT2D eigenvalue weighted by atomic mass is 9.49. The zero-order valence-electron chi connectivity index (χ0n) is 17.2. The second-order valence-electron chi connectivity index (χ2n) is 9.94. The van der Waals surface area contributed by atoms with Gasteiger partial charge in [0.1, 0.15) is 5.01 Å². The largest absolute Gasteiger partial charge is 0.325 e. The molecule has 3 aromatic rings. The third kappa shape index (κ3) is 3.67. The van der Waals surface area contributed by atoms with Gasteiger partial charge in [0.2, 0.25) is 5.91 Å². The molecule has 7 rings (SSSR count). The fourth-order valence-electron chi connectivity index (χ4n) is 6.84. The van der Waals surface area contributed by atoms with Gasteiger partial charge >= 0.3 is 0 Å². The van der Waals surface area contributed by atoms with Crippen molar-refractivity contribution >= 4 is 56.3 Å². The van der Waals surface area contributed by atoms with Gasteiger partial charge in [0.25, 0.3) is 0 Å². The first-order valence-electron chi connectivity index (χ1n) is 11.1. The standard InChI is InChI=1S/C25H24Cl2N2OS/c26-18-9-19(27)21(8-17(18)24-29-20-3-1-2-4-22(20)31-24)28-23(30)13-25-10-14-5-15(11-25)7-16(6-14)12-25/h1-4,8-9,14-16H,5-7,10-13H2,(H,28,30). The van der Waals surface area contributed by atoms with Gasteiger partial charge in [0.15, 0.2) is 0 Å². The summed E-state index contributed by atoms with van der Waals surface area (Å²) in [6.45, 7) is 0. The Morgan fingerprint density at radius 3 is 2.39 bits per heavy atom. The number of carbonyl (C=O) groups is 1. The molecule has 6 heteroatoms. The molecule has 1 amide bonds. The van der Waals surface area contributed by atoms with E-state index in [1.54, 1.807) is 17.4 Å². The highest BCUT2D eigenvalue weighted by Crippen LogP contribution is 2.61. The molecule has 4 saturated carbocycles. The monoisotopic (exact) mass is 470 g/mol. The number of nitrogens with one attached hydrogen (secondary N) is 1. The van der Waals surface area contributed by atoms with Gasteiger partial charge in [-0.15, -0.1) is 11.3 Å². The minimum absolute atomic E-state index is 0.0708. The maximum atomic E-state index is 13.1. The molecule has 4 aliphatic carbocycles. The lowest BCUT2D eigenvalue weighted by Gasteiger charge is -2.56. The molecule has 0 spiro atoms. The lowest BCUT2D eigenvalue weighted by Crippen LogP contribution is -2.47. The number of nitrogens with zero attached hydrogens (tertiary/aromatic N) is 1. The normalized spacial score (nSPS) is 28.9. The van der Waals surface area contributed by atoms with Crippen LogP contribution in [0.3, 0.4) is 0 Å². The molecule has 3 nitrogen and oxygen atoms in total. The van der Waals surface area contributed by atoms with Gasteiger partial charge in [-0.05, 0) is 86.0 Å². The second kappa shape index (κ2) is 7.47. The molecule has 31 heavy (non-hydrogen) atoms. The molecule has 2 aromatic carbocycles. The number of thiazole rings is 1. The zero-order valence-corrected chi connectivity index (χ0v) is 19.5. The van der Waals surface area contributed by atoms with Crippen LogP contribution in [0.5, 0.6) is 0 Å². The summed E-state index contributed by atoms with van der Waals surface area (Å²) in [6.07, 6.45) is 8.42. The molecule has 4 fully saturated rings. The van der Waals surface area contributed by atoms with Crippen molar-refractivity contribution in [1.29, 1.82) is 0 Å². The molecular weight excluding hydrogens is 447 g/mol. The van der Waals surface area contributed by atoms with Crippen LogP contribution in [0.1, 0.15) is 44.9 Å². The maximum Gasteiger partial charge on any atom is 0.224 e. The number of halogens is 2. The smallest absolute Gasteiger partial charge is 0.224 e. The molecule has 0 radical (unpaired) electrons. The minimum atomic E-state index is 0.0708. The number of para-hydroxylation sites is 1. The van der Waals surface area contributed by atoms with E-state index in [0.29, 0.717) is 22.2 Å². The van der Waals surface area contributed by atoms with Gasteiger partial charge in [-0.2, -0.15) is 0 Å². The molecule has 0 saturated heterocycles. The van der Waals surface area contributed by atoms with Crippen LogP contribution in [-0.2, 0) is 4.79 Å². The van der Waals surface area contributed by atoms with Crippen molar-refractivity contribution < 1.29 is 4.79 Å². The summed E-state index contributed by atoms with van der Waals surface area (Å²) in [5, 5.41) is 4.95. The van der Waals surface area contributed by atoms with Crippen molar-refractivity contribution in [1.82, 2.24) is 4.98 Å². The zero-order chi connectivity index (χ0) is 21.2. The van der Waals surface area contributed by atoms with Gasteiger partial charge < -0.3 is 5.32 Å². The summed E-state index contributed by atoms with van der Waals surface area (Å²) in [7, 11) is 0. The van der Waals surface area contributed by atoms with E-state index >= 15 is 0 Å². The van der Waals surface area contributed by atoms with E-state index in [9.17, 15) is 4.79 Å². The molecule has 160 valence electrons. The lowest BCUT2D eigenvalue weighted by molar-refractivity contribution is -0.124. The maximum absolute atomic E-state index is 13.1. The minimum Gasteiger partial charge on any atom is -0.325 e. The Morgan fingerprint density at radius 2 is 1.71 bits per heavy atom. The van der Waals surface area contributed by atoms with Crippen LogP contribution in [0.15, 0.2) is 36.4 Å². The number of hydrogen-bond donors (Lipinski definition) is 1. The quantitative estimate of drug-likeness (QED) is 0.422. The summed E-state index contributed by atoms with van der Waals surface area (Å²) >= 11 is 14.6. The SMILES string of the molecule is O=C(CC12CC3CC(CC(C3)C1)C2)Nc1cc(-c2nc3ccccc3s2)c(Cl)cc1Cl. The summed E-state index contributed by atoms with van der Waals surface area (Å²) in [4.78, 5) is 17.8. The third-order valence-electron chi connectivity index (χ3n) is 7.56. The number of benzene rings is 2. The van der Waals surface area contributed by atoms with E-state index in [-0.39, 0.29) is 11.3 Å². The number of hydrogen-bond acceptors (Lipinski definition) is 3. The predicted octanol–water partition coefficient (Wildman–Crippen LogP) is 7.82. The highest BCUT2D eigenvalue weighted by molar-refractivity contribution is 7.21. The first-order valence-corrected chi connectivity index (χ1v) is 12.7. The van der Waals surface area contributed by atoms with Crippen molar-refractivity contribution in [2.24, 2.45) is 23.2 Å². The van der Waals surface area contributed by atoms with Crippen LogP contribution >= 0.6 is 34.5 Å². The molecule has 4 aliphatic rings. The third-order valence-corrected chi connectivity index (χ3v) is 9.25. The number of fused-ring (bicyclic) bond motifs is 1. The first kappa shape index (κ1) is 20.0. The summed E-state index contributed by atoms with van der Waals surface area (Å²) in [5.74, 6) is 2.58. The Kier molecular flexibility index (Phi) is 4.82. The molecule has 0 atom stereocenters. The molecular formula is C25H24Cl2N2OS. The number of carbonyl (C=O) groups excluding carboxylic acids is 1. The van der Waals surface area contributed by atoms with Gasteiger partial charge in [-0.25, -0.2) is 4.98 Å². The van der Waals surface area contributed by atoms with Crippen molar-refractivity contribution in [2.75, 3.05) is 5.32 Å². The number of rotatable bonds is 4. The van der Waals surface area contributed by atoms with E-state index in [4.69, 9.17) is 28.2 Å². The molecule has 0 aliphatic heterocycles. The number of anilines is 1.